The smallest absolute Gasteiger partial charge is 0.248 e. The largest absolute Gasteiger partial charge is 0.313 e. The SMILES string of the molecule is CCCNC(Cc1ncnn1C)C1CCC(F)(F)CC1. The molecule has 0 spiro atoms. The fraction of sp³-hybridized carbons (Fsp3) is 0.857. The summed E-state index contributed by atoms with van der Waals surface area (Å²) >= 11 is 0. The highest BCUT2D eigenvalue weighted by atomic mass is 19.3. The molecule has 4 nitrogen and oxygen atoms in total. The molecule has 114 valence electrons. The molecule has 1 aliphatic rings. The van der Waals surface area contributed by atoms with Crippen molar-refractivity contribution in [1.82, 2.24) is 20.1 Å². The van der Waals surface area contributed by atoms with E-state index in [0.717, 1.165) is 25.2 Å². The Balaban J connectivity index is 1.98. The average molecular weight is 286 g/mol. The van der Waals surface area contributed by atoms with E-state index in [-0.39, 0.29) is 18.9 Å². The first-order valence-corrected chi connectivity index (χ1v) is 7.46. The van der Waals surface area contributed by atoms with Crippen LogP contribution in [0.4, 0.5) is 8.78 Å². The summed E-state index contributed by atoms with van der Waals surface area (Å²) < 4.78 is 28.3. The molecule has 6 heteroatoms. The third kappa shape index (κ3) is 3.98. The van der Waals surface area contributed by atoms with E-state index in [0.29, 0.717) is 18.8 Å². The number of nitrogens with zero attached hydrogens (tertiary/aromatic N) is 3. The second-order valence-corrected chi connectivity index (χ2v) is 5.76. The molecular formula is C14H24F2N4. The first-order valence-electron chi connectivity index (χ1n) is 7.46. The molecule has 0 aliphatic heterocycles. The predicted molar refractivity (Wildman–Crippen MR) is 73.7 cm³/mol. The van der Waals surface area contributed by atoms with Gasteiger partial charge in [0.2, 0.25) is 5.92 Å². The van der Waals surface area contributed by atoms with Crippen LogP contribution in [0.5, 0.6) is 0 Å². The lowest BCUT2D eigenvalue weighted by atomic mass is 9.81. The summed E-state index contributed by atoms with van der Waals surface area (Å²) in [5, 5.41) is 7.58. The molecule has 0 saturated heterocycles. The molecule has 0 bridgehead atoms. The Morgan fingerprint density at radius 3 is 2.70 bits per heavy atom. The number of nitrogens with one attached hydrogen (secondary N) is 1. The number of halogens is 2. The first kappa shape index (κ1) is 15.4. The van der Waals surface area contributed by atoms with Gasteiger partial charge in [-0.05, 0) is 31.7 Å². The van der Waals surface area contributed by atoms with Crippen molar-refractivity contribution in [3.05, 3.63) is 12.2 Å². The van der Waals surface area contributed by atoms with Gasteiger partial charge >= 0.3 is 0 Å². The molecule has 1 N–H and O–H groups in total. The Bertz CT molecular complexity index is 409. The third-order valence-electron chi connectivity index (χ3n) is 4.19. The van der Waals surface area contributed by atoms with Gasteiger partial charge < -0.3 is 5.32 Å². The van der Waals surface area contributed by atoms with Gasteiger partial charge in [-0.3, -0.25) is 4.68 Å². The predicted octanol–water partition coefficient (Wildman–Crippen LogP) is 2.55. The van der Waals surface area contributed by atoms with Crippen LogP contribution in [-0.4, -0.2) is 33.3 Å². The lowest BCUT2D eigenvalue weighted by Crippen LogP contribution is -2.42. The number of rotatable bonds is 6. The monoisotopic (exact) mass is 286 g/mol. The van der Waals surface area contributed by atoms with E-state index < -0.39 is 5.92 Å². The van der Waals surface area contributed by atoms with Gasteiger partial charge in [0.05, 0.1) is 0 Å². The van der Waals surface area contributed by atoms with Crippen molar-refractivity contribution in [2.24, 2.45) is 13.0 Å². The summed E-state index contributed by atoms with van der Waals surface area (Å²) in [6.07, 6.45) is 4.55. The first-order chi connectivity index (χ1) is 9.52. The second kappa shape index (κ2) is 6.61. The maximum Gasteiger partial charge on any atom is 0.248 e. The third-order valence-corrected chi connectivity index (χ3v) is 4.19. The van der Waals surface area contributed by atoms with Crippen molar-refractivity contribution in [2.75, 3.05) is 6.54 Å². The zero-order valence-corrected chi connectivity index (χ0v) is 12.3. The lowest BCUT2D eigenvalue weighted by Gasteiger charge is -2.34. The summed E-state index contributed by atoms with van der Waals surface area (Å²) in [5.74, 6) is -1.25. The number of aryl methyl sites for hydroxylation is 1. The maximum absolute atomic E-state index is 13.3. The van der Waals surface area contributed by atoms with Gasteiger partial charge in [0.25, 0.3) is 0 Å². The molecular weight excluding hydrogens is 262 g/mol. The molecule has 1 aromatic heterocycles. The fourth-order valence-corrected chi connectivity index (χ4v) is 2.90. The van der Waals surface area contributed by atoms with Crippen LogP contribution in [0, 0.1) is 5.92 Å². The number of hydrogen-bond acceptors (Lipinski definition) is 3. The molecule has 1 unspecified atom stereocenters. The van der Waals surface area contributed by atoms with Gasteiger partial charge in [-0.25, -0.2) is 13.8 Å². The molecule has 0 aromatic carbocycles. The summed E-state index contributed by atoms with van der Waals surface area (Å²) in [6.45, 7) is 3.02. The zero-order valence-electron chi connectivity index (χ0n) is 12.3. The van der Waals surface area contributed by atoms with Gasteiger partial charge in [-0.2, -0.15) is 5.10 Å². The van der Waals surface area contributed by atoms with Crippen molar-refractivity contribution < 1.29 is 8.78 Å². The number of aromatic nitrogens is 3. The normalized spacial score (nSPS) is 21.0. The molecule has 0 amide bonds. The van der Waals surface area contributed by atoms with Gasteiger partial charge in [-0.15, -0.1) is 0 Å². The fourth-order valence-electron chi connectivity index (χ4n) is 2.90. The minimum absolute atomic E-state index is 0.0147. The van der Waals surface area contributed by atoms with Crippen LogP contribution in [0.25, 0.3) is 0 Å². The maximum atomic E-state index is 13.3. The molecule has 1 fully saturated rings. The molecule has 1 aliphatic carbocycles. The minimum Gasteiger partial charge on any atom is -0.313 e. The Kier molecular flexibility index (Phi) is 5.07. The highest BCUT2D eigenvalue weighted by molar-refractivity contribution is 4.93. The molecule has 0 radical (unpaired) electrons. The van der Waals surface area contributed by atoms with Crippen molar-refractivity contribution in [1.29, 1.82) is 0 Å². The quantitative estimate of drug-likeness (QED) is 0.874. The molecule has 1 saturated carbocycles. The Morgan fingerprint density at radius 1 is 1.45 bits per heavy atom. The van der Waals surface area contributed by atoms with Crippen LogP contribution in [0.3, 0.4) is 0 Å². The summed E-state index contributed by atoms with van der Waals surface area (Å²) in [4.78, 5) is 4.25. The van der Waals surface area contributed by atoms with Crippen molar-refractivity contribution in [3.8, 4) is 0 Å². The average Bonchev–Trinajstić information content (AvgIpc) is 2.80. The van der Waals surface area contributed by atoms with Crippen LogP contribution in [0.1, 0.15) is 44.9 Å². The highest BCUT2D eigenvalue weighted by Crippen LogP contribution is 2.37. The van der Waals surface area contributed by atoms with E-state index in [4.69, 9.17) is 0 Å². The topological polar surface area (TPSA) is 42.7 Å². The van der Waals surface area contributed by atoms with E-state index in [1.807, 2.05) is 7.05 Å². The van der Waals surface area contributed by atoms with E-state index >= 15 is 0 Å². The van der Waals surface area contributed by atoms with E-state index in [1.54, 1.807) is 11.0 Å². The van der Waals surface area contributed by atoms with Crippen LogP contribution < -0.4 is 5.32 Å². The molecule has 1 atom stereocenters. The summed E-state index contributed by atoms with van der Waals surface area (Å²) in [7, 11) is 1.87. The summed E-state index contributed by atoms with van der Waals surface area (Å²) in [5.41, 5.74) is 0. The summed E-state index contributed by atoms with van der Waals surface area (Å²) in [6, 6.07) is 0.217. The standard InChI is InChI=1S/C14H24F2N4/c1-3-8-17-12(9-13-18-10-19-20(13)2)11-4-6-14(15,16)7-5-11/h10-12,17H,3-9H2,1-2H3. The Hall–Kier alpha value is -1.04. The van der Waals surface area contributed by atoms with Crippen molar-refractivity contribution >= 4 is 0 Å². The molecule has 20 heavy (non-hydrogen) atoms. The number of alkyl halides is 2. The highest BCUT2D eigenvalue weighted by Gasteiger charge is 2.37. The number of hydrogen-bond donors (Lipinski definition) is 1. The molecule has 1 heterocycles. The van der Waals surface area contributed by atoms with E-state index in [1.165, 1.54) is 0 Å². The Labute approximate surface area is 119 Å². The van der Waals surface area contributed by atoms with E-state index in [2.05, 4.69) is 22.3 Å². The van der Waals surface area contributed by atoms with Crippen LogP contribution in [0.15, 0.2) is 6.33 Å². The zero-order chi connectivity index (χ0) is 14.6. The molecule has 2 rings (SSSR count). The van der Waals surface area contributed by atoms with Gasteiger partial charge in [0.15, 0.2) is 0 Å². The second-order valence-electron chi connectivity index (χ2n) is 5.76. The van der Waals surface area contributed by atoms with Gasteiger partial charge in [0.1, 0.15) is 12.2 Å². The molecule has 1 aromatic rings. The van der Waals surface area contributed by atoms with Crippen LogP contribution in [-0.2, 0) is 13.5 Å². The van der Waals surface area contributed by atoms with E-state index in [9.17, 15) is 8.78 Å². The van der Waals surface area contributed by atoms with Gasteiger partial charge in [-0.1, -0.05) is 6.92 Å². The van der Waals surface area contributed by atoms with Crippen molar-refractivity contribution in [3.63, 3.8) is 0 Å². The minimum atomic E-state index is -2.46. The van der Waals surface area contributed by atoms with Crippen LogP contribution >= 0.6 is 0 Å². The van der Waals surface area contributed by atoms with Crippen molar-refractivity contribution in [2.45, 2.75) is 57.4 Å². The Morgan fingerprint density at radius 2 is 2.15 bits per heavy atom. The van der Waals surface area contributed by atoms with Gasteiger partial charge in [0, 0.05) is 32.4 Å². The van der Waals surface area contributed by atoms with Crippen LogP contribution in [0.2, 0.25) is 0 Å². The lowest BCUT2D eigenvalue weighted by molar-refractivity contribution is -0.0496.